The number of hydrogen-bond acceptors (Lipinski definition) is 3. The fourth-order valence-corrected chi connectivity index (χ4v) is 2.81. The van der Waals surface area contributed by atoms with E-state index >= 15 is 0 Å². The van der Waals surface area contributed by atoms with Crippen LogP contribution in [0.5, 0.6) is 0 Å². The van der Waals surface area contributed by atoms with Gasteiger partial charge in [0.05, 0.1) is 11.6 Å². The number of benzene rings is 3. The molecule has 3 rings (SSSR count). The van der Waals surface area contributed by atoms with Gasteiger partial charge in [-0.1, -0.05) is 48.5 Å². The molecule has 128 valence electrons. The van der Waals surface area contributed by atoms with Crippen LogP contribution in [0.1, 0.15) is 21.5 Å². The molecule has 3 aromatic rings. The van der Waals surface area contributed by atoms with Gasteiger partial charge in [0.2, 0.25) is 0 Å². The van der Waals surface area contributed by atoms with Crippen molar-refractivity contribution in [2.45, 2.75) is 12.5 Å². The number of carbonyl (C=O) groups excluding carboxylic acids is 1. The minimum Gasteiger partial charge on any atom is -0.480 e. The number of carboxylic acid groups (broad SMARTS) is 1. The number of carboxylic acids is 1. The van der Waals surface area contributed by atoms with Gasteiger partial charge in [-0.05, 0) is 34.5 Å². The Bertz CT molecular complexity index is 998. The molecular weight excluding hydrogens is 328 g/mol. The maximum absolute atomic E-state index is 12.6. The minimum atomic E-state index is -1.11. The van der Waals surface area contributed by atoms with E-state index in [0.29, 0.717) is 11.1 Å². The summed E-state index contributed by atoms with van der Waals surface area (Å²) in [5, 5.41) is 22.6. The Morgan fingerprint density at radius 3 is 2.38 bits per heavy atom. The molecule has 0 aromatic heterocycles. The average molecular weight is 344 g/mol. The minimum absolute atomic E-state index is 0.136. The van der Waals surface area contributed by atoms with Crippen LogP contribution in [0.4, 0.5) is 0 Å². The van der Waals surface area contributed by atoms with Crippen LogP contribution in [0.15, 0.2) is 66.7 Å². The van der Waals surface area contributed by atoms with E-state index < -0.39 is 17.9 Å². The number of nitrogens with zero attached hydrogens (tertiary/aromatic N) is 1. The Kier molecular flexibility index (Phi) is 4.95. The van der Waals surface area contributed by atoms with Gasteiger partial charge in [-0.2, -0.15) is 5.26 Å². The second-order valence-corrected chi connectivity index (χ2v) is 5.90. The van der Waals surface area contributed by atoms with Crippen LogP contribution in [0, 0.1) is 11.3 Å². The van der Waals surface area contributed by atoms with Gasteiger partial charge in [0.25, 0.3) is 5.91 Å². The molecule has 0 bridgehead atoms. The SMILES string of the molecule is N#Cc1ccc(C[C@H](NC(=O)c2cccc3ccccc23)C(=O)O)cc1. The molecule has 3 aromatic carbocycles. The standard InChI is InChI=1S/C21H16N2O3/c22-13-15-10-8-14(9-11-15)12-19(21(25)26)23-20(24)18-7-3-5-16-4-1-2-6-17(16)18/h1-11,19H,12H2,(H,23,24)(H,25,26)/t19-/m0/s1. The quantitative estimate of drug-likeness (QED) is 0.744. The molecule has 1 amide bonds. The molecule has 2 N–H and O–H groups in total. The molecule has 5 nitrogen and oxygen atoms in total. The summed E-state index contributed by atoms with van der Waals surface area (Å²) < 4.78 is 0. The Morgan fingerprint density at radius 1 is 1.00 bits per heavy atom. The monoisotopic (exact) mass is 344 g/mol. The van der Waals surface area contributed by atoms with Gasteiger partial charge in [0.15, 0.2) is 0 Å². The predicted molar refractivity (Wildman–Crippen MR) is 97.7 cm³/mol. The molecule has 0 aliphatic carbocycles. The Balaban J connectivity index is 1.82. The fourth-order valence-electron chi connectivity index (χ4n) is 2.81. The first-order valence-corrected chi connectivity index (χ1v) is 8.09. The lowest BCUT2D eigenvalue weighted by molar-refractivity contribution is -0.139. The molecule has 0 spiro atoms. The van der Waals surface area contributed by atoms with Crippen molar-refractivity contribution in [1.29, 1.82) is 5.26 Å². The number of fused-ring (bicyclic) bond motifs is 1. The first-order valence-electron chi connectivity index (χ1n) is 8.09. The van der Waals surface area contributed by atoms with Crippen LogP contribution in [-0.2, 0) is 11.2 Å². The third-order valence-corrected chi connectivity index (χ3v) is 4.16. The first kappa shape index (κ1) is 17.2. The molecular formula is C21H16N2O3. The summed E-state index contributed by atoms with van der Waals surface area (Å²) in [7, 11) is 0. The molecule has 26 heavy (non-hydrogen) atoms. The van der Waals surface area contributed by atoms with Crippen molar-refractivity contribution in [1.82, 2.24) is 5.32 Å². The molecule has 0 unspecified atom stereocenters. The lowest BCUT2D eigenvalue weighted by Gasteiger charge is -2.15. The topological polar surface area (TPSA) is 90.2 Å². The zero-order valence-electron chi connectivity index (χ0n) is 13.8. The molecule has 0 heterocycles. The van der Waals surface area contributed by atoms with Gasteiger partial charge < -0.3 is 10.4 Å². The van der Waals surface area contributed by atoms with Crippen LogP contribution in [0.3, 0.4) is 0 Å². The van der Waals surface area contributed by atoms with E-state index in [1.807, 2.05) is 36.4 Å². The van der Waals surface area contributed by atoms with Crippen LogP contribution in [0.2, 0.25) is 0 Å². The zero-order chi connectivity index (χ0) is 18.5. The van der Waals surface area contributed by atoms with E-state index in [1.165, 1.54) is 0 Å². The molecule has 5 heteroatoms. The van der Waals surface area contributed by atoms with E-state index in [4.69, 9.17) is 5.26 Å². The highest BCUT2D eigenvalue weighted by molar-refractivity contribution is 6.07. The zero-order valence-corrected chi connectivity index (χ0v) is 13.8. The molecule has 0 saturated heterocycles. The molecule has 0 aliphatic heterocycles. The summed E-state index contributed by atoms with van der Waals surface area (Å²) in [6.45, 7) is 0. The summed E-state index contributed by atoms with van der Waals surface area (Å²) in [5.74, 6) is -1.54. The van der Waals surface area contributed by atoms with E-state index in [0.717, 1.165) is 16.3 Å². The van der Waals surface area contributed by atoms with Gasteiger partial charge in [-0.3, -0.25) is 4.79 Å². The smallest absolute Gasteiger partial charge is 0.326 e. The molecule has 0 fully saturated rings. The van der Waals surface area contributed by atoms with Crippen LogP contribution < -0.4 is 5.32 Å². The number of carbonyl (C=O) groups is 2. The molecule has 1 atom stereocenters. The van der Waals surface area contributed by atoms with Crippen molar-refractivity contribution in [3.05, 3.63) is 83.4 Å². The highest BCUT2D eigenvalue weighted by atomic mass is 16.4. The summed E-state index contributed by atoms with van der Waals surface area (Å²) in [5.41, 5.74) is 1.67. The summed E-state index contributed by atoms with van der Waals surface area (Å²) in [6.07, 6.45) is 0.136. The van der Waals surface area contributed by atoms with Crippen molar-refractivity contribution in [3.63, 3.8) is 0 Å². The summed E-state index contributed by atoms with van der Waals surface area (Å²) >= 11 is 0. The Morgan fingerprint density at radius 2 is 1.69 bits per heavy atom. The van der Waals surface area contributed by atoms with E-state index in [9.17, 15) is 14.7 Å². The second-order valence-electron chi connectivity index (χ2n) is 5.90. The number of hydrogen-bond donors (Lipinski definition) is 2. The number of nitrogens with one attached hydrogen (secondary N) is 1. The largest absolute Gasteiger partial charge is 0.480 e. The van der Waals surface area contributed by atoms with Crippen molar-refractivity contribution in [2.24, 2.45) is 0 Å². The number of aliphatic carboxylic acids is 1. The van der Waals surface area contributed by atoms with Crippen molar-refractivity contribution in [2.75, 3.05) is 0 Å². The third-order valence-electron chi connectivity index (χ3n) is 4.16. The third kappa shape index (κ3) is 3.70. The highest BCUT2D eigenvalue weighted by Gasteiger charge is 2.22. The molecule has 0 saturated carbocycles. The number of rotatable bonds is 5. The van der Waals surface area contributed by atoms with Gasteiger partial charge in [0.1, 0.15) is 6.04 Å². The first-order chi connectivity index (χ1) is 12.6. The van der Waals surface area contributed by atoms with Crippen molar-refractivity contribution < 1.29 is 14.7 Å². The van der Waals surface area contributed by atoms with Gasteiger partial charge in [-0.15, -0.1) is 0 Å². The van der Waals surface area contributed by atoms with E-state index in [1.54, 1.807) is 36.4 Å². The van der Waals surface area contributed by atoms with E-state index in [2.05, 4.69) is 5.32 Å². The highest BCUT2D eigenvalue weighted by Crippen LogP contribution is 2.18. The van der Waals surface area contributed by atoms with Crippen molar-refractivity contribution >= 4 is 22.6 Å². The van der Waals surface area contributed by atoms with Crippen molar-refractivity contribution in [3.8, 4) is 6.07 Å². The Labute approximate surface area is 150 Å². The van der Waals surface area contributed by atoms with Crippen LogP contribution in [-0.4, -0.2) is 23.0 Å². The fraction of sp³-hybridized carbons (Fsp3) is 0.0952. The summed E-state index contributed by atoms with van der Waals surface area (Å²) in [6, 6.07) is 20.4. The molecule has 0 radical (unpaired) electrons. The Hall–Kier alpha value is -3.65. The maximum Gasteiger partial charge on any atom is 0.326 e. The predicted octanol–water partition coefficient (Wildman–Crippen LogP) is 3.14. The number of amides is 1. The average Bonchev–Trinajstić information content (AvgIpc) is 2.67. The van der Waals surface area contributed by atoms with Crippen LogP contribution in [0.25, 0.3) is 10.8 Å². The molecule has 0 aliphatic rings. The summed E-state index contributed by atoms with van der Waals surface area (Å²) in [4.78, 5) is 24.2. The van der Waals surface area contributed by atoms with Gasteiger partial charge in [0, 0.05) is 12.0 Å². The normalized spacial score (nSPS) is 11.5. The van der Waals surface area contributed by atoms with Crippen LogP contribution >= 0.6 is 0 Å². The van der Waals surface area contributed by atoms with Gasteiger partial charge >= 0.3 is 5.97 Å². The second kappa shape index (κ2) is 7.49. The lowest BCUT2D eigenvalue weighted by atomic mass is 10.0. The van der Waals surface area contributed by atoms with Gasteiger partial charge in [-0.25, -0.2) is 4.79 Å². The van der Waals surface area contributed by atoms with E-state index in [-0.39, 0.29) is 6.42 Å². The maximum atomic E-state index is 12.6. The number of nitriles is 1. The lowest BCUT2D eigenvalue weighted by Crippen LogP contribution is -2.42.